The van der Waals surface area contributed by atoms with E-state index in [2.05, 4.69) is 10.3 Å². The maximum atomic E-state index is 11.9. The number of aryl methyl sites for hydroxylation is 1. The molecular weight excluding hydrogens is 302 g/mol. The Morgan fingerprint density at radius 1 is 1.23 bits per heavy atom. The van der Waals surface area contributed by atoms with E-state index in [4.69, 9.17) is 10.5 Å². The molecule has 0 aliphatic heterocycles. The number of pyridine rings is 1. The van der Waals surface area contributed by atoms with Crippen molar-refractivity contribution in [3.05, 3.63) is 53.9 Å². The Morgan fingerprint density at radius 2 is 1.95 bits per heavy atom. The van der Waals surface area contributed by atoms with E-state index in [1.165, 1.54) is 0 Å². The van der Waals surface area contributed by atoms with E-state index in [1.54, 1.807) is 30.5 Å². The van der Waals surface area contributed by atoms with Crippen molar-refractivity contribution in [2.45, 2.75) is 13.3 Å². The zero-order valence-corrected chi connectivity index (χ0v) is 13.2. The molecule has 2 rings (SSSR count). The van der Waals surface area contributed by atoms with Crippen molar-refractivity contribution in [1.82, 2.24) is 4.98 Å². The molecule has 0 unspecified atom stereocenters. The van der Waals surface area contributed by atoms with Crippen LogP contribution in [0, 0.1) is 6.92 Å². The number of amides is 1. The van der Waals surface area contributed by atoms with Crippen LogP contribution in [0.5, 0.6) is 5.75 Å². The molecule has 0 atom stereocenters. The largest absolute Gasteiger partial charge is 0.492 e. The zero-order chi connectivity index (χ0) is 15.1. The molecule has 0 saturated carbocycles. The third-order valence-electron chi connectivity index (χ3n) is 2.86. The van der Waals surface area contributed by atoms with E-state index in [0.717, 1.165) is 22.7 Å². The van der Waals surface area contributed by atoms with Crippen LogP contribution in [0.1, 0.15) is 11.3 Å². The molecule has 5 nitrogen and oxygen atoms in total. The van der Waals surface area contributed by atoms with Gasteiger partial charge in [0.25, 0.3) is 0 Å². The lowest BCUT2D eigenvalue weighted by Crippen LogP contribution is -2.14. The smallest absolute Gasteiger partial charge is 0.228 e. The van der Waals surface area contributed by atoms with E-state index in [1.807, 2.05) is 19.1 Å². The van der Waals surface area contributed by atoms with Gasteiger partial charge in [0.05, 0.1) is 6.42 Å². The van der Waals surface area contributed by atoms with Crippen molar-refractivity contribution in [3.63, 3.8) is 0 Å². The summed E-state index contributed by atoms with van der Waals surface area (Å²) in [4.78, 5) is 16.1. The Bertz CT molecular complexity index is 585. The third kappa shape index (κ3) is 5.71. The number of carbonyl (C=O) groups excluding carboxylic acids is 1. The minimum Gasteiger partial charge on any atom is -0.492 e. The molecule has 0 fully saturated rings. The molecule has 22 heavy (non-hydrogen) atoms. The van der Waals surface area contributed by atoms with Gasteiger partial charge >= 0.3 is 0 Å². The molecule has 1 aromatic heterocycles. The van der Waals surface area contributed by atoms with Crippen molar-refractivity contribution < 1.29 is 9.53 Å². The van der Waals surface area contributed by atoms with E-state index in [-0.39, 0.29) is 18.3 Å². The Hall–Kier alpha value is -2.11. The number of nitrogens with two attached hydrogens (primary N) is 1. The lowest BCUT2D eigenvalue weighted by Gasteiger charge is -2.07. The highest BCUT2D eigenvalue weighted by Crippen LogP contribution is 2.15. The van der Waals surface area contributed by atoms with Crippen molar-refractivity contribution >= 4 is 24.0 Å². The van der Waals surface area contributed by atoms with Gasteiger partial charge in [0.1, 0.15) is 12.4 Å². The van der Waals surface area contributed by atoms with Crippen LogP contribution < -0.4 is 15.8 Å². The summed E-state index contributed by atoms with van der Waals surface area (Å²) in [5.41, 5.74) is 7.93. The van der Waals surface area contributed by atoms with E-state index in [0.29, 0.717) is 19.6 Å². The van der Waals surface area contributed by atoms with Crippen molar-refractivity contribution in [1.29, 1.82) is 0 Å². The first kappa shape index (κ1) is 17.9. The molecular formula is C16H20ClN3O2. The maximum Gasteiger partial charge on any atom is 0.228 e. The summed E-state index contributed by atoms with van der Waals surface area (Å²) in [6.07, 6.45) is 2.03. The summed E-state index contributed by atoms with van der Waals surface area (Å²) in [5.74, 6) is 0.664. The Balaban J connectivity index is 0.00000242. The zero-order valence-electron chi connectivity index (χ0n) is 12.4. The molecule has 6 heteroatoms. The molecule has 1 amide bonds. The van der Waals surface area contributed by atoms with Gasteiger partial charge in [-0.05, 0) is 42.8 Å². The number of aromatic nitrogens is 1. The van der Waals surface area contributed by atoms with Crippen LogP contribution in [-0.4, -0.2) is 24.0 Å². The van der Waals surface area contributed by atoms with Gasteiger partial charge < -0.3 is 15.8 Å². The second-order valence-corrected chi connectivity index (χ2v) is 4.69. The lowest BCUT2D eigenvalue weighted by atomic mass is 10.2. The summed E-state index contributed by atoms with van der Waals surface area (Å²) in [6.45, 7) is 2.87. The molecule has 0 spiro atoms. The number of ether oxygens (including phenoxy) is 1. The molecule has 0 aliphatic carbocycles. The number of anilines is 1. The summed E-state index contributed by atoms with van der Waals surface area (Å²) < 4.78 is 5.38. The number of rotatable bonds is 6. The number of carbonyl (C=O) groups is 1. The summed E-state index contributed by atoms with van der Waals surface area (Å²) in [5, 5.41) is 2.84. The highest BCUT2D eigenvalue weighted by molar-refractivity contribution is 5.92. The minimum atomic E-state index is -0.0729. The predicted octanol–water partition coefficient (Wildman–Crippen LogP) is 2.33. The van der Waals surface area contributed by atoms with Gasteiger partial charge in [-0.25, -0.2) is 0 Å². The maximum absolute atomic E-state index is 11.9. The van der Waals surface area contributed by atoms with Gasteiger partial charge in [-0.1, -0.05) is 6.07 Å². The first-order valence-corrected chi connectivity index (χ1v) is 6.81. The van der Waals surface area contributed by atoms with Crippen LogP contribution in [0.4, 0.5) is 5.69 Å². The first-order chi connectivity index (χ1) is 10.2. The molecule has 0 bridgehead atoms. The van der Waals surface area contributed by atoms with E-state index < -0.39 is 0 Å². The molecule has 0 aliphatic rings. The molecule has 1 heterocycles. The fourth-order valence-corrected chi connectivity index (χ4v) is 1.80. The number of nitrogens with zero attached hydrogens (tertiary/aromatic N) is 1. The number of halogens is 1. The van der Waals surface area contributed by atoms with Crippen molar-refractivity contribution in [2.24, 2.45) is 5.73 Å². The summed E-state index contributed by atoms with van der Waals surface area (Å²) in [7, 11) is 0. The van der Waals surface area contributed by atoms with Crippen LogP contribution in [-0.2, 0) is 11.2 Å². The SMILES string of the molecule is Cc1ccc(CC(=O)Nc2ccc(OCCN)cc2)cn1.Cl. The van der Waals surface area contributed by atoms with Crippen LogP contribution in [0.25, 0.3) is 0 Å². The van der Waals surface area contributed by atoms with Gasteiger partial charge in [0, 0.05) is 24.1 Å². The highest BCUT2D eigenvalue weighted by atomic mass is 35.5. The summed E-state index contributed by atoms with van der Waals surface area (Å²) >= 11 is 0. The van der Waals surface area contributed by atoms with Crippen LogP contribution in [0.2, 0.25) is 0 Å². The van der Waals surface area contributed by atoms with E-state index >= 15 is 0 Å². The molecule has 1 aromatic carbocycles. The van der Waals surface area contributed by atoms with Gasteiger partial charge in [0.15, 0.2) is 0 Å². The Morgan fingerprint density at radius 3 is 2.55 bits per heavy atom. The third-order valence-corrected chi connectivity index (χ3v) is 2.86. The number of nitrogens with one attached hydrogen (secondary N) is 1. The molecule has 0 saturated heterocycles. The lowest BCUT2D eigenvalue weighted by molar-refractivity contribution is -0.115. The second kappa shape index (κ2) is 9.02. The Kier molecular flexibility index (Phi) is 7.36. The first-order valence-electron chi connectivity index (χ1n) is 6.81. The monoisotopic (exact) mass is 321 g/mol. The molecule has 2 aromatic rings. The van der Waals surface area contributed by atoms with Gasteiger partial charge in [-0.3, -0.25) is 9.78 Å². The van der Waals surface area contributed by atoms with Gasteiger partial charge in [0.2, 0.25) is 5.91 Å². The van der Waals surface area contributed by atoms with Crippen LogP contribution in [0.3, 0.4) is 0 Å². The molecule has 3 N–H and O–H groups in total. The average Bonchev–Trinajstić information content (AvgIpc) is 2.49. The van der Waals surface area contributed by atoms with Gasteiger partial charge in [-0.15, -0.1) is 12.4 Å². The fourth-order valence-electron chi connectivity index (χ4n) is 1.80. The summed E-state index contributed by atoms with van der Waals surface area (Å²) in [6, 6.07) is 11.0. The number of hydrogen-bond acceptors (Lipinski definition) is 4. The molecule has 0 radical (unpaired) electrons. The highest BCUT2D eigenvalue weighted by Gasteiger charge is 2.04. The normalized spacial score (nSPS) is 9.73. The van der Waals surface area contributed by atoms with Crippen molar-refractivity contribution in [3.8, 4) is 5.75 Å². The standard InChI is InChI=1S/C16H19N3O2.ClH/c1-12-2-3-13(11-18-12)10-16(20)19-14-4-6-15(7-5-14)21-9-8-17;/h2-7,11H,8-10,17H2,1H3,(H,19,20);1H. The van der Waals surface area contributed by atoms with Gasteiger partial charge in [-0.2, -0.15) is 0 Å². The molecule has 118 valence electrons. The number of benzene rings is 1. The average molecular weight is 322 g/mol. The number of hydrogen-bond donors (Lipinski definition) is 2. The van der Waals surface area contributed by atoms with Crippen LogP contribution >= 0.6 is 12.4 Å². The van der Waals surface area contributed by atoms with E-state index in [9.17, 15) is 4.79 Å². The minimum absolute atomic E-state index is 0. The predicted molar refractivity (Wildman–Crippen MR) is 89.5 cm³/mol. The second-order valence-electron chi connectivity index (χ2n) is 4.69. The van der Waals surface area contributed by atoms with Crippen molar-refractivity contribution in [2.75, 3.05) is 18.5 Å². The van der Waals surface area contributed by atoms with Crippen LogP contribution in [0.15, 0.2) is 42.6 Å². The topological polar surface area (TPSA) is 77.2 Å². The quantitative estimate of drug-likeness (QED) is 0.856. The Labute approximate surface area is 136 Å². The fraction of sp³-hybridized carbons (Fsp3) is 0.250.